The van der Waals surface area contributed by atoms with Gasteiger partial charge in [0, 0.05) is 11.7 Å². The summed E-state index contributed by atoms with van der Waals surface area (Å²) in [7, 11) is 0. The number of hydrogen-bond acceptors (Lipinski definition) is 4. The maximum absolute atomic E-state index is 11.6. The number of thioether (sulfide) groups is 1. The molecule has 0 saturated carbocycles. The molecule has 0 radical (unpaired) electrons. The number of amides is 1. The minimum Gasteiger partial charge on any atom is -0.409 e. The largest absolute Gasteiger partial charge is 0.409 e. The molecule has 4 N–H and O–H groups in total. The van der Waals surface area contributed by atoms with E-state index in [4.69, 9.17) is 10.9 Å². The molecule has 1 amide bonds. The molecule has 0 aromatic rings. The van der Waals surface area contributed by atoms with Crippen molar-refractivity contribution in [2.75, 3.05) is 11.5 Å². The molecule has 1 aliphatic rings. The van der Waals surface area contributed by atoms with Crippen LogP contribution in [0.25, 0.3) is 0 Å². The fraction of sp³-hybridized carbons (Fsp3) is 0.750. The van der Waals surface area contributed by atoms with Crippen molar-refractivity contribution in [1.29, 1.82) is 0 Å². The van der Waals surface area contributed by atoms with Crippen LogP contribution in [0.3, 0.4) is 0 Å². The second-order valence-corrected chi connectivity index (χ2v) is 4.47. The lowest BCUT2D eigenvalue weighted by Gasteiger charge is -2.14. The van der Waals surface area contributed by atoms with Crippen molar-refractivity contribution in [1.82, 2.24) is 5.32 Å². The number of nitrogens with one attached hydrogen (secondary N) is 1. The molecule has 1 rings (SSSR count). The lowest BCUT2D eigenvalue weighted by molar-refractivity contribution is -0.124. The lowest BCUT2D eigenvalue weighted by atomic mass is 10.1. The fourth-order valence-electron chi connectivity index (χ4n) is 1.23. The van der Waals surface area contributed by atoms with E-state index in [2.05, 4.69) is 10.5 Å². The summed E-state index contributed by atoms with van der Waals surface area (Å²) in [6.07, 6.45) is 0.916. The molecule has 1 saturated heterocycles. The molecule has 2 unspecified atom stereocenters. The molecule has 0 aliphatic carbocycles. The van der Waals surface area contributed by atoms with E-state index in [1.165, 1.54) is 0 Å². The number of hydrogen-bond donors (Lipinski definition) is 3. The Morgan fingerprint density at radius 1 is 1.79 bits per heavy atom. The lowest BCUT2D eigenvalue weighted by Crippen LogP contribution is -2.44. The first-order valence-corrected chi connectivity index (χ1v) is 5.66. The van der Waals surface area contributed by atoms with Crippen LogP contribution in [0.5, 0.6) is 0 Å². The zero-order valence-electron chi connectivity index (χ0n) is 8.06. The summed E-state index contributed by atoms with van der Waals surface area (Å²) in [6.45, 7) is 1.69. The summed E-state index contributed by atoms with van der Waals surface area (Å²) in [5.41, 5.74) is 5.34. The summed E-state index contributed by atoms with van der Waals surface area (Å²) < 4.78 is 0. The van der Waals surface area contributed by atoms with Gasteiger partial charge in [0.15, 0.2) is 5.84 Å². The highest BCUT2D eigenvalue weighted by molar-refractivity contribution is 7.99. The fourth-order valence-corrected chi connectivity index (χ4v) is 2.45. The quantitative estimate of drug-likeness (QED) is 0.268. The van der Waals surface area contributed by atoms with Crippen LogP contribution in [0.4, 0.5) is 0 Å². The first kappa shape index (κ1) is 11.2. The summed E-state index contributed by atoms with van der Waals surface area (Å²) in [5, 5.41) is 13.9. The summed E-state index contributed by atoms with van der Waals surface area (Å²) in [5.74, 6) is 2.01. The molecule has 1 heterocycles. The molecule has 14 heavy (non-hydrogen) atoms. The predicted molar refractivity (Wildman–Crippen MR) is 56.4 cm³/mol. The molecule has 0 aromatic heterocycles. The van der Waals surface area contributed by atoms with Gasteiger partial charge in [0.1, 0.15) is 0 Å². The Kier molecular flexibility index (Phi) is 4.06. The number of oxime groups is 1. The van der Waals surface area contributed by atoms with Gasteiger partial charge >= 0.3 is 0 Å². The zero-order valence-corrected chi connectivity index (χ0v) is 8.88. The van der Waals surface area contributed by atoms with E-state index in [0.717, 1.165) is 17.9 Å². The van der Waals surface area contributed by atoms with Crippen LogP contribution in [-0.4, -0.2) is 34.5 Å². The Bertz CT molecular complexity index is 239. The van der Waals surface area contributed by atoms with Gasteiger partial charge in [-0.15, -0.1) is 0 Å². The van der Waals surface area contributed by atoms with E-state index < -0.39 is 6.04 Å². The minimum absolute atomic E-state index is 0.00546. The van der Waals surface area contributed by atoms with Gasteiger partial charge in [-0.25, -0.2) is 0 Å². The van der Waals surface area contributed by atoms with Crippen molar-refractivity contribution >= 4 is 23.5 Å². The predicted octanol–water partition coefficient (Wildman–Crippen LogP) is -0.00940. The standard InChI is InChI=1S/C8H15N3O2S/c1-5(7(9)11-13)10-8(12)6-2-3-14-4-6/h5-6,13H,2-4H2,1H3,(H2,9,11)(H,10,12). The van der Waals surface area contributed by atoms with Gasteiger partial charge in [-0.2, -0.15) is 11.8 Å². The maximum Gasteiger partial charge on any atom is 0.224 e. The maximum atomic E-state index is 11.6. The smallest absolute Gasteiger partial charge is 0.224 e. The third-order valence-electron chi connectivity index (χ3n) is 2.22. The van der Waals surface area contributed by atoms with Crippen LogP contribution < -0.4 is 11.1 Å². The Labute approximate surface area is 87.1 Å². The van der Waals surface area contributed by atoms with E-state index in [1.54, 1.807) is 18.7 Å². The van der Waals surface area contributed by atoms with Crippen LogP contribution in [-0.2, 0) is 4.79 Å². The molecule has 1 fully saturated rings. The van der Waals surface area contributed by atoms with Gasteiger partial charge < -0.3 is 16.3 Å². The van der Waals surface area contributed by atoms with Gasteiger partial charge in [0.25, 0.3) is 0 Å². The Morgan fingerprint density at radius 3 is 3.00 bits per heavy atom. The van der Waals surface area contributed by atoms with Gasteiger partial charge in [-0.1, -0.05) is 5.16 Å². The van der Waals surface area contributed by atoms with E-state index in [9.17, 15) is 4.79 Å². The van der Waals surface area contributed by atoms with Crippen molar-refractivity contribution in [3.63, 3.8) is 0 Å². The normalized spacial score (nSPS) is 24.6. The number of rotatable bonds is 3. The number of carbonyl (C=O) groups excluding carboxylic acids is 1. The molecule has 0 aromatic carbocycles. The number of carbonyl (C=O) groups is 1. The Morgan fingerprint density at radius 2 is 2.50 bits per heavy atom. The molecule has 1 aliphatic heterocycles. The zero-order chi connectivity index (χ0) is 10.6. The topological polar surface area (TPSA) is 87.7 Å². The van der Waals surface area contributed by atoms with E-state index >= 15 is 0 Å². The highest BCUT2D eigenvalue weighted by Gasteiger charge is 2.24. The highest BCUT2D eigenvalue weighted by atomic mass is 32.2. The minimum atomic E-state index is -0.405. The van der Waals surface area contributed by atoms with Crippen molar-refractivity contribution < 1.29 is 10.0 Å². The summed E-state index contributed by atoms with van der Waals surface area (Å²) >= 11 is 1.78. The summed E-state index contributed by atoms with van der Waals surface area (Å²) in [6, 6.07) is -0.405. The Balaban J connectivity index is 2.39. The van der Waals surface area contributed by atoms with Crippen molar-refractivity contribution in [3.05, 3.63) is 0 Å². The number of nitrogens with zero attached hydrogens (tertiary/aromatic N) is 1. The molecule has 0 bridgehead atoms. The monoisotopic (exact) mass is 217 g/mol. The van der Waals surface area contributed by atoms with Crippen molar-refractivity contribution in [2.45, 2.75) is 19.4 Å². The second-order valence-electron chi connectivity index (χ2n) is 3.32. The molecular formula is C8H15N3O2S. The molecule has 80 valence electrons. The third-order valence-corrected chi connectivity index (χ3v) is 3.38. The molecule has 0 spiro atoms. The molecular weight excluding hydrogens is 202 g/mol. The average Bonchev–Trinajstić information content (AvgIpc) is 2.69. The molecule has 6 heteroatoms. The van der Waals surface area contributed by atoms with Crippen LogP contribution in [0, 0.1) is 5.92 Å². The van der Waals surface area contributed by atoms with E-state index in [1.807, 2.05) is 0 Å². The van der Waals surface area contributed by atoms with Crippen molar-refractivity contribution in [2.24, 2.45) is 16.8 Å². The van der Waals surface area contributed by atoms with Crippen LogP contribution >= 0.6 is 11.8 Å². The SMILES string of the molecule is CC(NC(=O)C1CCSC1)C(N)=NO. The van der Waals surface area contributed by atoms with Gasteiger partial charge in [0.05, 0.1) is 6.04 Å². The highest BCUT2D eigenvalue weighted by Crippen LogP contribution is 2.23. The molecule has 5 nitrogen and oxygen atoms in total. The van der Waals surface area contributed by atoms with Crippen LogP contribution in [0.2, 0.25) is 0 Å². The van der Waals surface area contributed by atoms with Gasteiger partial charge in [-0.3, -0.25) is 4.79 Å². The Hall–Kier alpha value is -0.910. The first-order valence-electron chi connectivity index (χ1n) is 4.50. The van der Waals surface area contributed by atoms with Crippen molar-refractivity contribution in [3.8, 4) is 0 Å². The average molecular weight is 217 g/mol. The van der Waals surface area contributed by atoms with Gasteiger partial charge in [-0.05, 0) is 19.1 Å². The van der Waals surface area contributed by atoms with E-state index in [0.29, 0.717) is 0 Å². The summed E-state index contributed by atoms with van der Waals surface area (Å²) in [4.78, 5) is 11.6. The van der Waals surface area contributed by atoms with E-state index in [-0.39, 0.29) is 17.7 Å². The second kappa shape index (κ2) is 5.09. The first-order chi connectivity index (χ1) is 6.65. The number of nitrogens with two attached hydrogens (primary N) is 1. The molecule has 2 atom stereocenters. The van der Waals surface area contributed by atoms with Crippen LogP contribution in [0.1, 0.15) is 13.3 Å². The number of amidine groups is 1. The van der Waals surface area contributed by atoms with Crippen LogP contribution in [0.15, 0.2) is 5.16 Å². The van der Waals surface area contributed by atoms with Gasteiger partial charge in [0.2, 0.25) is 5.91 Å². The third kappa shape index (κ3) is 2.80.